The van der Waals surface area contributed by atoms with E-state index in [0.29, 0.717) is 31.6 Å². The molecule has 2 heterocycles. The van der Waals surface area contributed by atoms with Crippen LogP contribution in [0.4, 0.5) is 13.2 Å². The van der Waals surface area contributed by atoms with Gasteiger partial charge in [-0.25, -0.2) is 4.98 Å². The number of rotatable bonds is 8. The third-order valence-corrected chi connectivity index (χ3v) is 6.47. The monoisotopic (exact) mass is 546 g/mol. The van der Waals surface area contributed by atoms with Crippen molar-refractivity contribution in [2.24, 2.45) is 7.05 Å². The zero-order valence-electron chi connectivity index (χ0n) is 21.4. The van der Waals surface area contributed by atoms with E-state index in [1.54, 1.807) is 29.9 Å². The van der Waals surface area contributed by atoms with Crippen LogP contribution in [0.5, 0.6) is 11.5 Å². The van der Waals surface area contributed by atoms with Gasteiger partial charge < -0.3 is 29.8 Å². The Hall–Kier alpha value is -3.90. The first-order valence-electron chi connectivity index (χ1n) is 12.3. The van der Waals surface area contributed by atoms with Crippen molar-refractivity contribution in [3.8, 4) is 11.5 Å². The molecule has 4 rings (SSSR count). The van der Waals surface area contributed by atoms with Crippen LogP contribution >= 0.6 is 0 Å². The number of aryl methyl sites for hydroxylation is 1. The molecular weight excluding hydrogens is 517 g/mol. The number of nitrogens with one attached hydrogen (secondary N) is 2. The normalized spacial score (nSPS) is 15.8. The molecule has 0 aliphatic carbocycles. The SMILES string of the molecule is CC(O)c1ccc(Oc2ccc(CNC(=O)C3(NC(=O)c4cn(C)cn4)CCOCC3)cc2)c(C(F)(F)F)c1. The van der Waals surface area contributed by atoms with Crippen LogP contribution in [-0.4, -0.2) is 45.2 Å². The van der Waals surface area contributed by atoms with Gasteiger partial charge in [-0.05, 0) is 42.3 Å². The Labute approximate surface area is 222 Å². The molecule has 1 aliphatic heterocycles. The fourth-order valence-electron chi connectivity index (χ4n) is 4.21. The van der Waals surface area contributed by atoms with Crippen molar-refractivity contribution in [1.82, 2.24) is 20.2 Å². The van der Waals surface area contributed by atoms with Crippen molar-refractivity contribution in [2.45, 2.75) is 44.1 Å². The highest BCUT2D eigenvalue weighted by Gasteiger charge is 2.42. The smallest absolute Gasteiger partial charge is 0.419 e. The molecule has 208 valence electrons. The Morgan fingerprint density at radius 3 is 2.46 bits per heavy atom. The van der Waals surface area contributed by atoms with Gasteiger partial charge in [-0.1, -0.05) is 18.2 Å². The van der Waals surface area contributed by atoms with Crippen molar-refractivity contribution in [2.75, 3.05) is 13.2 Å². The summed E-state index contributed by atoms with van der Waals surface area (Å²) in [6.45, 7) is 2.12. The van der Waals surface area contributed by atoms with E-state index in [9.17, 15) is 27.9 Å². The third kappa shape index (κ3) is 6.76. The van der Waals surface area contributed by atoms with Crippen LogP contribution < -0.4 is 15.4 Å². The summed E-state index contributed by atoms with van der Waals surface area (Å²) in [4.78, 5) is 30.0. The van der Waals surface area contributed by atoms with Crippen molar-refractivity contribution < 1.29 is 37.3 Å². The summed E-state index contributed by atoms with van der Waals surface area (Å²) < 4.78 is 53.2. The maximum atomic E-state index is 13.6. The Balaban J connectivity index is 1.42. The van der Waals surface area contributed by atoms with Crippen LogP contribution in [0.1, 0.15) is 53.0 Å². The number of aromatic nitrogens is 2. The maximum absolute atomic E-state index is 13.6. The molecule has 1 fully saturated rings. The number of hydrogen-bond donors (Lipinski definition) is 3. The first-order valence-corrected chi connectivity index (χ1v) is 12.3. The molecule has 1 atom stereocenters. The van der Waals surface area contributed by atoms with Gasteiger partial charge in [0.2, 0.25) is 5.91 Å². The van der Waals surface area contributed by atoms with Crippen LogP contribution in [0.3, 0.4) is 0 Å². The van der Waals surface area contributed by atoms with Gasteiger partial charge in [0.15, 0.2) is 0 Å². The summed E-state index contributed by atoms with van der Waals surface area (Å²) in [6.07, 6.45) is -2.09. The van der Waals surface area contributed by atoms with E-state index in [-0.39, 0.29) is 29.5 Å². The number of alkyl halides is 3. The minimum atomic E-state index is -4.67. The topological polar surface area (TPSA) is 115 Å². The lowest BCUT2D eigenvalue weighted by Crippen LogP contribution is -2.61. The molecule has 9 nitrogen and oxygen atoms in total. The summed E-state index contributed by atoms with van der Waals surface area (Å²) in [6, 6.07) is 9.65. The number of benzene rings is 2. The van der Waals surface area contributed by atoms with Gasteiger partial charge in [-0.3, -0.25) is 9.59 Å². The lowest BCUT2D eigenvalue weighted by Gasteiger charge is -2.36. The summed E-state index contributed by atoms with van der Waals surface area (Å²) >= 11 is 0. The van der Waals surface area contributed by atoms with Gasteiger partial charge in [-0.15, -0.1) is 0 Å². The van der Waals surface area contributed by atoms with Crippen LogP contribution in [0.15, 0.2) is 55.0 Å². The van der Waals surface area contributed by atoms with Gasteiger partial charge in [-0.2, -0.15) is 13.2 Å². The largest absolute Gasteiger partial charge is 0.457 e. The van der Waals surface area contributed by atoms with E-state index >= 15 is 0 Å². The van der Waals surface area contributed by atoms with Gasteiger partial charge in [0.05, 0.1) is 18.0 Å². The lowest BCUT2D eigenvalue weighted by atomic mass is 9.88. The highest BCUT2D eigenvalue weighted by Crippen LogP contribution is 2.39. The van der Waals surface area contributed by atoms with Gasteiger partial charge >= 0.3 is 6.18 Å². The number of aliphatic hydroxyl groups excluding tert-OH is 1. The van der Waals surface area contributed by atoms with Crippen molar-refractivity contribution in [1.29, 1.82) is 0 Å². The molecule has 0 bridgehead atoms. The Kier molecular flexibility index (Phi) is 8.26. The van der Waals surface area contributed by atoms with E-state index in [0.717, 1.165) is 6.07 Å². The molecule has 2 aromatic carbocycles. The zero-order valence-corrected chi connectivity index (χ0v) is 21.4. The summed E-state index contributed by atoms with van der Waals surface area (Å²) in [5, 5.41) is 15.3. The van der Waals surface area contributed by atoms with Crippen LogP contribution in [0.2, 0.25) is 0 Å². The van der Waals surface area contributed by atoms with Gasteiger partial charge in [0.25, 0.3) is 5.91 Å². The average molecular weight is 547 g/mol. The van der Waals surface area contributed by atoms with Crippen molar-refractivity contribution >= 4 is 11.8 Å². The molecule has 1 unspecified atom stereocenters. The summed E-state index contributed by atoms with van der Waals surface area (Å²) in [5.41, 5.74) is -1.16. The highest BCUT2D eigenvalue weighted by atomic mass is 19.4. The Morgan fingerprint density at radius 2 is 1.87 bits per heavy atom. The van der Waals surface area contributed by atoms with Crippen molar-refractivity contribution in [3.63, 3.8) is 0 Å². The molecule has 0 saturated carbocycles. The van der Waals surface area contributed by atoms with Crippen LogP contribution in [-0.2, 0) is 29.3 Å². The summed E-state index contributed by atoms with van der Waals surface area (Å²) in [7, 11) is 1.74. The van der Waals surface area contributed by atoms with E-state index in [4.69, 9.17) is 9.47 Å². The molecule has 1 aromatic heterocycles. The fraction of sp³-hybridized carbons (Fsp3) is 0.370. The molecule has 39 heavy (non-hydrogen) atoms. The number of nitrogens with zero attached hydrogens (tertiary/aromatic N) is 2. The molecule has 3 N–H and O–H groups in total. The second-order valence-corrected chi connectivity index (χ2v) is 9.43. The predicted octanol–water partition coefficient (Wildman–Crippen LogP) is 3.88. The van der Waals surface area contributed by atoms with Gasteiger partial charge in [0.1, 0.15) is 22.7 Å². The highest BCUT2D eigenvalue weighted by molar-refractivity contribution is 5.98. The minimum Gasteiger partial charge on any atom is -0.457 e. The fourth-order valence-corrected chi connectivity index (χ4v) is 4.21. The Morgan fingerprint density at radius 1 is 1.18 bits per heavy atom. The first-order chi connectivity index (χ1) is 18.5. The second-order valence-electron chi connectivity index (χ2n) is 9.43. The number of imidazole rings is 1. The lowest BCUT2D eigenvalue weighted by molar-refractivity contribution is -0.138. The van der Waals surface area contributed by atoms with E-state index < -0.39 is 35.0 Å². The molecule has 1 saturated heterocycles. The van der Waals surface area contributed by atoms with Gasteiger partial charge in [0, 0.05) is 45.8 Å². The number of halogens is 3. The molecule has 0 spiro atoms. The average Bonchev–Trinajstić information content (AvgIpc) is 3.34. The number of ether oxygens (including phenoxy) is 2. The number of carbonyl (C=O) groups is 2. The first kappa shape index (κ1) is 28.1. The van der Waals surface area contributed by atoms with Crippen molar-refractivity contribution in [3.05, 3.63) is 77.4 Å². The van der Waals surface area contributed by atoms with E-state index in [1.807, 2.05) is 0 Å². The summed E-state index contributed by atoms with van der Waals surface area (Å²) in [5.74, 6) is -1.06. The molecule has 1 aliphatic rings. The minimum absolute atomic E-state index is 0.123. The molecular formula is C27H29F3N4O5. The molecule has 2 amide bonds. The second kappa shape index (κ2) is 11.5. The third-order valence-electron chi connectivity index (χ3n) is 6.47. The maximum Gasteiger partial charge on any atom is 0.419 e. The molecule has 0 radical (unpaired) electrons. The predicted molar refractivity (Wildman–Crippen MR) is 134 cm³/mol. The standard InChI is InChI=1S/C27H29F3N4O5/c1-17(35)19-5-8-23(21(13-19)27(28,29)30)39-20-6-3-18(4-7-20)14-31-25(37)26(9-11-38-12-10-26)33-24(36)22-15-34(2)16-32-22/h3-8,13,15-17,35H,9-12,14H2,1-2H3,(H,31,37)(H,33,36). The number of aliphatic hydroxyl groups is 1. The van der Waals surface area contributed by atoms with Crippen LogP contribution in [0.25, 0.3) is 0 Å². The number of hydrogen-bond acceptors (Lipinski definition) is 6. The number of amides is 2. The number of carbonyl (C=O) groups excluding carboxylic acids is 2. The van der Waals surface area contributed by atoms with E-state index in [2.05, 4.69) is 15.6 Å². The quantitative estimate of drug-likeness (QED) is 0.395. The zero-order chi connectivity index (χ0) is 28.2. The molecule has 3 aromatic rings. The Bertz CT molecular complexity index is 1320. The van der Waals surface area contributed by atoms with E-state index in [1.165, 1.54) is 37.5 Å². The van der Waals surface area contributed by atoms with Crippen LogP contribution in [0, 0.1) is 0 Å². The molecule has 12 heteroatoms.